The molecule has 3 rings (SSSR count). The zero-order valence-corrected chi connectivity index (χ0v) is 15.9. The monoisotopic (exact) mass is 406 g/mol. The molecule has 0 unspecified atom stereocenters. The van der Waals surface area contributed by atoms with Gasteiger partial charge in [0.25, 0.3) is 17.7 Å². The van der Waals surface area contributed by atoms with Crippen LogP contribution in [0.4, 0.5) is 0 Å². The van der Waals surface area contributed by atoms with Gasteiger partial charge >= 0.3 is 0 Å². The Hall–Kier alpha value is -2.41. The maximum atomic E-state index is 12.7. The summed E-state index contributed by atoms with van der Waals surface area (Å²) >= 11 is 12.3. The van der Waals surface area contributed by atoms with Gasteiger partial charge in [-0.15, -0.1) is 0 Å². The van der Waals surface area contributed by atoms with Gasteiger partial charge in [-0.05, 0) is 30.3 Å². The third-order valence-corrected chi connectivity index (χ3v) is 4.91. The molecule has 1 heterocycles. The summed E-state index contributed by atoms with van der Waals surface area (Å²) in [5, 5.41) is 3.42. The van der Waals surface area contributed by atoms with E-state index in [1.807, 2.05) is 0 Å². The van der Waals surface area contributed by atoms with E-state index >= 15 is 0 Å². The maximum absolute atomic E-state index is 12.7. The number of fused-ring (bicyclic) bond motifs is 1. The lowest BCUT2D eigenvalue weighted by atomic mass is 10.1. The van der Waals surface area contributed by atoms with Crippen molar-refractivity contribution >= 4 is 40.9 Å². The van der Waals surface area contributed by atoms with E-state index in [1.54, 1.807) is 18.2 Å². The molecule has 1 N–H and O–H groups in total. The number of imide groups is 1. The predicted molar refractivity (Wildman–Crippen MR) is 101 cm³/mol. The van der Waals surface area contributed by atoms with E-state index in [9.17, 15) is 14.4 Å². The van der Waals surface area contributed by atoms with Crippen molar-refractivity contribution in [3.63, 3.8) is 0 Å². The molecule has 0 bridgehead atoms. The summed E-state index contributed by atoms with van der Waals surface area (Å²) in [5.74, 6) is -1.28. The van der Waals surface area contributed by atoms with Crippen molar-refractivity contribution in [1.82, 2.24) is 10.2 Å². The average molecular weight is 407 g/mol. The van der Waals surface area contributed by atoms with Gasteiger partial charge in [-0.2, -0.15) is 0 Å². The number of hydrogen-bond donors (Lipinski definition) is 1. The second-order valence-corrected chi connectivity index (χ2v) is 6.72. The molecule has 0 fully saturated rings. The third kappa shape index (κ3) is 3.83. The van der Waals surface area contributed by atoms with E-state index in [-0.39, 0.29) is 23.6 Å². The Morgan fingerprint density at radius 2 is 1.74 bits per heavy atom. The van der Waals surface area contributed by atoms with Gasteiger partial charge in [0.05, 0.1) is 24.3 Å². The number of benzene rings is 2. The Kier molecular flexibility index (Phi) is 5.79. The van der Waals surface area contributed by atoms with Crippen molar-refractivity contribution in [2.24, 2.45) is 0 Å². The van der Waals surface area contributed by atoms with Gasteiger partial charge in [-0.1, -0.05) is 29.3 Å². The van der Waals surface area contributed by atoms with Crippen LogP contribution in [-0.4, -0.2) is 42.9 Å². The van der Waals surface area contributed by atoms with Crippen LogP contribution in [-0.2, 0) is 11.3 Å². The minimum Gasteiger partial charge on any atom is -0.383 e. The fourth-order valence-corrected chi connectivity index (χ4v) is 3.30. The first-order valence-corrected chi connectivity index (χ1v) is 8.90. The van der Waals surface area contributed by atoms with Crippen molar-refractivity contribution in [1.29, 1.82) is 0 Å². The lowest BCUT2D eigenvalue weighted by Gasteiger charge is -2.15. The fourth-order valence-electron chi connectivity index (χ4n) is 2.79. The largest absolute Gasteiger partial charge is 0.383 e. The van der Waals surface area contributed by atoms with Crippen LogP contribution in [0.3, 0.4) is 0 Å². The first-order chi connectivity index (χ1) is 12.9. The summed E-state index contributed by atoms with van der Waals surface area (Å²) in [6.45, 7) is 0.678. The summed E-state index contributed by atoms with van der Waals surface area (Å²) < 4.78 is 4.88. The Morgan fingerprint density at radius 3 is 2.41 bits per heavy atom. The van der Waals surface area contributed by atoms with E-state index in [2.05, 4.69) is 5.32 Å². The molecule has 8 heteroatoms. The third-order valence-electron chi connectivity index (χ3n) is 4.20. The summed E-state index contributed by atoms with van der Waals surface area (Å²) in [6, 6.07) is 9.39. The van der Waals surface area contributed by atoms with Crippen LogP contribution in [0.5, 0.6) is 0 Å². The van der Waals surface area contributed by atoms with Crippen LogP contribution in [0.25, 0.3) is 0 Å². The van der Waals surface area contributed by atoms with Gasteiger partial charge in [0.1, 0.15) is 0 Å². The van der Waals surface area contributed by atoms with Crippen molar-refractivity contribution < 1.29 is 19.1 Å². The van der Waals surface area contributed by atoms with Crippen molar-refractivity contribution in [2.75, 3.05) is 20.3 Å². The lowest BCUT2D eigenvalue weighted by Crippen LogP contribution is -2.29. The van der Waals surface area contributed by atoms with Crippen LogP contribution in [0.1, 0.15) is 36.6 Å². The summed E-state index contributed by atoms with van der Waals surface area (Å²) in [7, 11) is 1.53. The van der Waals surface area contributed by atoms with Gasteiger partial charge in [0.2, 0.25) is 0 Å². The second-order valence-electron chi connectivity index (χ2n) is 5.91. The molecule has 1 aliphatic rings. The van der Waals surface area contributed by atoms with Gasteiger partial charge < -0.3 is 10.1 Å². The first-order valence-electron chi connectivity index (χ1n) is 8.14. The molecule has 0 aromatic heterocycles. The molecule has 0 aliphatic carbocycles. The SMILES string of the molecule is COCCNC(=O)c1ccc2c(c1)C(=O)N(Cc1c(Cl)cccc1Cl)C2=O. The fraction of sp³-hybridized carbons (Fsp3) is 0.211. The number of nitrogens with one attached hydrogen (secondary N) is 1. The number of hydrogen-bond acceptors (Lipinski definition) is 4. The van der Waals surface area contributed by atoms with Crippen LogP contribution in [0.2, 0.25) is 10.0 Å². The molecule has 0 atom stereocenters. The van der Waals surface area contributed by atoms with E-state index < -0.39 is 11.8 Å². The van der Waals surface area contributed by atoms with E-state index in [0.717, 1.165) is 4.90 Å². The number of nitrogens with zero attached hydrogens (tertiary/aromatic N) is 1. The minimum absolute atomic E-state index is 0.0414. The number of rotatable bonds is 6. The second kappa shape index (κ2) is 8.08. The van der Waals surface area contributed by atoms with Gasteiger partial charge in [0, 0.05) is 34.8 Å². The highest BCUT2D eigenvalue weighted by molar-refractivity contribution is 6.36. The Morgan fingerprint density at radius 1 is 1.07 bits per heavy atom. The first kappa shape index (κ1) is 19.4. The highest BCUT2D eigenvalue weighted by atomic mass is 35.5. The van der Waals surface area contributed by atoms with Crippen LogP contribution < -0.4 is 5.32 Å². The highest BCUT2D eigenvalue weighted by Gasteiger charge is 2.36. The smallest absolute Gasteiger partial charge is 0.261 e. The molecule has 6 nitrogen and oxygen atoms in total. The molecule has 0 spiro atoms. The lowest BCUT2D eigenvalue weighted by molar-refractivity contribution is 0.0642. The Balaban J connectivity index is 1.84. The minimum atomic E-state index is -0.488. The Labute approximate surface area is 166 Å². The number of carbonyl (C=O) groups is 3. The van der Waals surface area contributed by atoms with Crippen molar-refractivity contribution in [3.8, 4) is 0 Å². The molecule has 3 amide bonds. The normalized spacial score (nSPS) is 13.1. The van der Waals surface area contributed by atoms with E-state index in [1.165, 1.54) is 25.3 Å². The van der Waals surface area contributed by atoms with Crippen molar-refractivity contribution in [3.05, 3.63) is 68.7 Å². The molecular formula is C19H16Cl2N2O4. The highest BCUT2D eigenvalue weighted by Crippen LogP contribution is 2.30. The number of amides is 3. The molecule has 27 heavy (non-hydrogen) atoms. The molecule has 140 valence electrons. The summed E-state index contributed by atoms with van der Waals surface area (Å²) in [4.78, 5) is 38.6. The molecule has 0 radical (unpaired) electrons. The van der Waals surface area contributed by atoms with Gasteiger partial charge in [-0.25, -0.2) is 0 Å². The molecule has 0 saturated heterocycles. The van der Waals surface area contributed by atoms with Crippen LogP contribution in [0, 0.1) is 0 Å². The van der Waals surface area contributed by atoms with E-state index in [4.69, 9.17) is 27.9 Å². The van der Waals surface area contributed by atoms with Crippen LogP contribution in [0.15, 0.2) is 36.4 Å². The quantitative estimate of drug-likeness (QED) is 0.590. The Bertz CT molecular complexity index is 910. The number of ether oxygens (including phenoxy) is 1. The van der Waals surface area contributed by atoms with Crippen molar-refractivity contribution in [2.45, 2.75) is 6.54 Å². The average Bonchev–Trinajstić information content (AvgIpc) is 2.89. The van der Waals surface area contributed by atoms with Crippen LogP contribution >= 0.6 is 23.2 Å². The summed E-state index contributed by atoms with van der Waals surface area (Å²) in [5.41, 5.74) is 1.22. The number of methoxy groups -OCH3 is 1. The molecular weight excluding hydrogens is 391 g/mol. The standard InChI is InChI=1S/C19H16Cl2N2O4/c1-27-8-7-22-17(24)11-5-6-12-13(9-11)19(26)23(18(12)25)10-14-15(20)3-2-4-16(14)21/h2-6,9H,7-8,10H2,1H3,(H,22,24). The maximum Gasteiger partial charge on any atom is 0.261 e. The van der Waals surface area contributed by atoms with E-state index in [0.29, 0.717) is 34.3 Å². The molecule has 2 aromatic carbocycles. The predicted octanol–water partition coefficient (Wildman–Crippen LogP) is 3.17. The topological polar surface area (TPSA) is 75.7 Å². The van der Waals surface area contributed by atoms with Gasteiger partial charge in [-0.3, -0.25) is 19.3 Å². The zero-order valence-electron chi connectivity index (χ0n) is 14.4. The van der Waals surface area contributed by atoms with Gasteiger partial charge in [0.15, 0.2) is 0 Å². The number of halogens is 2. The molecule has 0 saturated carbocycles. The molecule has 2 aromatic rings. The molecule has 1 aliphatic heterocycles. The number of carbonyl (C=O) groups excluding carboxylic acids is 3. The summed E-state index contributed by atoms with van der Waals surface area (Å²) in [6.07, 6.45) is 0. The zero-order chi connectivity index (χ0) is 19.6.